The third-order valence-corrected chi connectivity index (χ3v) is 5.05. The van der Waals surface area contributed by atoms with Crippen LogP contribution in [-0.2, 0) is 11.2 Å². The van der Waals surface area contributed by atoms with Crippen molar-refractivity contribution in [2.24, 2.45) is 0 Å². The Morgan fingerprint density at radius 1 is 1.24 bits per heavy atom. The molecule has 0 saturated carbocycles. The summed E-state index contributed by atoms with van der Waals surface area (Å²) in [6.07, 6.45) is 5.14. The average molecular weight is 419 g/mol. The number of hydrogen-bond acceptors (Lipinski definition) is 4. The van der Waals surface area contributed by atoms with Gasteiger partial charge in [-0.15, -0.1) is 10.2 Å². The molecule has 3 aromatic rings. The summed E-state index contributed by atoms with van der Waals surface area (Å²) >= 11 is 5.16. The van der Waals surface area contributed by atoms with E-state index < -0.39 is 0 Å². The van der Waals surface area contributed by atoms with E-state index in [2.05, 4.69) is 37.7 Å². The quantitative estimate of drug-likeness (QED) is 0.635. The van der Waals surface area contributed by atoms with E-state index in [-0.39, 0.29) is 11.9 Å². The van der Waals surface area contributed by atoms with Crippen LogP contribution in [0.4, 0.5) is 0 Å². The number of pyridine rings is 1. The van der Waals surface area contributed by atoms with Crippen LogP contribution in [0.5, 0.6) is 0 Å². The van der Waals surface area contributed by atoms with E-state index in [0.717, 1.165) is 33.7 Å². The molecule has 1 N–H and O–H groups in total. The summed E-state index contributed by atoms with van der Waals surface area (Å²) in [4.78, 5) is 12.5. The van der Waals surface area contributed by atoms with E-state index in [0.29, 0.717) is 6.42 Å². The van der Waals surface area contributed by atoms with Crippen molar-refractivity contribution in [2.45, 2.75) is 18.9 Å². The summed E-state index contributed by atoms with van der Waals surface area (Å²) in [5.41, 5.74) is 1.77. The van der Waals surface area contributed by atoms with E-state index in [9.17, 15) is 4.79 Å². The van der Waals surface area contributed by atoms with Gasteiger partial charge in [0, 0.05) is 10.7 Å². The molecule has 0 aliphatic carbocycles. The molecule has 1 unspecified atom stereocenters. The third-order valence-electron chi connectivity index (χ3n) is 3.88. The second-order valence-electron chi connectivity index (χ2n) is 5.69. The first-order chi connectivity index (χ1) is 12.2. The fraction of sp³-hybridized carbons (Fsp3) is 0.278. The SMILES string of the molecule is CSCCC(NC(=O)Cc1ccc(Br)cc1)c1nnc2ccccn12. The number of amides is 1. The highest BCUT2D eigenvalue weighted by atomic mass is 79.9. The number of benzene rings is 1. The molecule has 3 rings (SSSR count). The highest BCUT2D eigenvalue weighted by Gasteiger charge is 2.20. The second kappa shape index (κ2) is 8.49. The molecule has 5 nitrogen and oxygen atoms in total. The molecule has 7 heteroatoms. The monoisotopic (exact) mass is 418 g/mol. The van der Waals surface area contributed by atoms with Crippen molar-refractivity contribution in [1.82, 2.24) is 19.9 Å². The number of carbonyl (C=O) groups excluding carboxylic acids is 1. The Morgan fingerprint density at radius 2 is 2.04 bits per heavy atom. The van der Waals surface area contributed by atoms with Crippen LogP contribution < -0.4 is 5.32 Å². The third kappa shape index (κ3) is 4.61. The maximum absolute atomic E-state index is 12.5. The van der Waals surface area contributed by atoms with Gasteiger partial charge in [-0.3, -0.25) is 9.20 Å². The fourth-order valence-corrected chi connectivity index (χ4v) is 3.37. The van der Waals surface area contributed by atoms with Gasteiger partial charge in [-0.1, -0.05) is 34.1 Å². The van der Waals surface area contributed by atoms with E-state index >= 15 is 0 Å². The highest BCUT2D eigenvalue weighted by molar-refractivity contribution is 9.10. The first-order valence-corrected chi connectivity index (χ1v) is 10.2. The number of aromatic nitrogens is 3. The van der Waals surface area contributed by atoms with Gasteiger partial charge in [-0.2, -0.15) is 11.8 Å². The molecule has 1 aromatic carbocycles. The molecule has 0 aliphatic rings. The Hall–Kier alpha value is -1.86. The van der Waals surface area contributed by atoms with Crippen LogP contribution in [0.1, 0.15) is 23.9 Å². The predicted molar refractivity (Wildman–Crippen MR) is 105 cm³/mol. The molecule has 2 heterocycles. The van der Waals surface area contributed by atoms with Crippen LogP contribution >= 0.6 is 27.7 Å². The van der Waals surface area contributed by atoms with E-state index in [1.807, 2.05) is 53.1 Å². The lowest BCUT2D eigenvalue weighted by Gasteiger charge is -2.17. The zero-order chi connectivity index (χ0) is 17.6. The molecule has 0 spiro atoms. The maximum Gasteiger partial charge on any atom is 0.225 e. The molecule has 130 valence electrons. The summed E-state index contributed by atoms with van der Waals surface area (Å²) in [6.45, 7) is 0. The van der Waals surface area contributed by atoms with Gasteiger partial charge in [0.1, 0.15) is 0 Å². The number of thioether (sulfide) groups is 1. The molecule has 0 fully saturated rings. The lowest BCUT2D eigenvalue weighted by molar-refractivity contribution is -0.121. The van der Waals surface area contributed by atoms with E-state index in [1.165, 1.54) is 0 Å². The van der Waals surface area contributed by atoms with Crippen molar-refractivity contribution in [3.8, 4) is 0 Å². The van der Waals surface area contributed by atoms with Crippen molar-refractivity contribution < 1.29 is 4.79 Å². The smallest absolute Gasteiger partial charge is 0.225 e. The molecule has 1 amide bonds. The van der Waals surface area contributed by atoms with Gasteiger partial charge in [-0.25, -0.2) is 0 Å². The van der Waals surface area contributed by atoms with Crippen LogP contribution in [0.15, 0.2) is 53.1 Å². The van der Waals surface area contributed by atoms with Crippen LogP contribution in [0.2, 0.25) is 0 Å². The van der Waals surface area contributed by atoms with Crippen molar-refractivity contribution in [3.05, 3.63) is 64.5 Å². The second-order valence-corrected chi connectivity index (χ2v) is 7.59. The van der Waals surface area contributed by atoms with Crippen molar-refractivity contribution in [3.63, 3.8) is 0 Å². The predicted octanol–water partition coefficient (Wildman–Crippen LogP) is 3.64. The Labute approximate surface area is 159 Å². The average Bonchev–Trinajstić information content (AvgIpc) is 3.04. The molecule has 0 bridgehead atoms. The van der Waals surface area contributed by atoms with E-state index in [4.69, 9.17) is 0 Å². The number of rotatable bonds is 7. The number of halogens is 1. The molecule has 1 atom stereocenters. The van der Waals surface area contributed by atoms with Crippen molar-refractivity contribution in [2.75, 3.05) is 12.0 Å². The van der Waals surface area contributed by atoms with Crippen molar-refractivity contribution >= 4 is 39.2 Å². The first kappa shape index (κ1) is 17.9. The number of carbonyl (C=O) groups is 1. The van der Waals surface area contributed by atoms with E-state index in [1.54, 1.807) is 11.8 Å². The summed E-state index contributed by atoms with van der Waals surface area (Å²) in [6, 6.07) is 13.4. The lowest BCUT2D eigenvalue weighted by Crippen LogP contribution is -2.31. The minimum atomic E-state index is -0.159. The Balaban J connectivity index is 1.76. The largest absolute Gasteiger partial charge is 0.346 e. The van der Waals surface area contributed by atoms with Crippen LogP contribution in [0, 0.1) is 0 Å². The summed E-state index contributed by atoms with van der Waals surface area (Å²) in [5.74, 6) is 1.69. The Bertz CT molecular complexity index is 850. The van der Waals surface area contributed by atoms with Gasteiger partial charge in [0.05, 0.1) is 12.5 Å². The van der Waals surface area contributed by atoms with Crippen LogP contribution in [-0.4, -0.2) is 32.5 Å². The molecule has 0 saturated heterocycles. The van der Waals surface area contributed by atoms with Gasteiger partial charge >= 0.3 is 0 Å². The van der Waals surface area contributed by atoms with Gasteiger partial charge in [0.15, 0.2) is 11.5 Å². The van der Waals surface area contributed by atoms with Gasteiger partial charge in [-0.05, 0) is 48.3 Å². The zero-order valence-corrected chi connectivity index (χ0v) is 16.3. The summed E-state index contributed by atoms with van der Waals surface area (Å²) in [5, 5.41) is 11.6. The van der Waals surface area contributed by atoms with Crippen molar-refractivity contribution in [1.29, 1.82) is 0 Å². The topological polar surface area (TPSA) is 59.3 Å². The molecular formula is C18H19BrN4OS. The van der Waals surface area contributed by atoms with Crippen LogP contribution in [0.3, 0.4) is 0 Å². The van der Waals surface area contributed by atoms with Gasteiger partial charge in [0.2, 0.25) is 5.91 Å². The highest BCUT2D eigenvalue weighted by Crippen LogP contribution is 2.19. The zero-order valence-electron chi connectivity index (χ0n) is 13.9. The lowest BCUT2D eigenvalue weighted by atomic mass is 10.1. The molecule has 25 heavy (non-hydrogen) atoms. The maximum atomic E-state index is 12.5. The molecule has 2 aromatic heterocycles. The number of fused-ring (bicyclic) bond motifs is 1. The first-order valence-electron chi connectivity index (χ1n) is 8.00. The number of hydrogen-bond donors (Lipinski definition) is 1. The van der Waals surface area contributed by atoms with Crippen LogP contribution in [0.25, 0.3) is 5.65 Å². The standard InChI is InChI=1S/C18H19BrN4OS/c1-25-11-9-15(18-22-21-16-4-2-3-10-23(16)18)20-17(24)12-13-5-7-14(19)8-6-13/h2-8,10,15H,9,11-12H2,1H3,(H,20,24). The Morgan fingerprint density at radius 3 is 2.80 bits per heavy atom. The minimum Gasteiger partial charge on any atom is -0.346 e. The number of nitrogens with one attached hydrogen (secondary N) is 1. The fourth-order valence-electron chi connectivity index (χ4n) is 2.63. The molecular weight excluding hydrogens is 400 g/mol. The normalized spacial score (nSPS) is 12.2. The van der Waals surface area contributed by atoms with Gasteiger partial charge in [0.25, 0.3) is 0 Å². The summed E-state index contributed by atoms with van der Waals surface area (Å²) in [7, 11) is 0. The molecule has 0 aliphatic heterocycles. The number of nitrogens with zero attached hydrogens (tertiary/aromatic N) is 3. The minimum absolute atomic E-state index is 0.0129. The Kier molecular flexibility index (Phi) is 6.09. The molecule has 0 radical (unpaired) electrons. The van der Waals surface area contributed by atoms with Gasteiger partial charge < -0.3 is 5.32 Å². The summed E-state index contributed by atoms with van der Waals surface area (Å²) < 4.78 is 2.94.